The van der Waals surface area contributed by atoms with Gasteiger partial charge in [0.15, 0.2) is 11.6 Å². The number of fused-ring (bicyclic) bond motifs is 1. The van der Waals surface area contributed by atoms with Crippen molar-refractivity contribution in [2.24, 2.45) is 7.05 Å². The number of hydrogen-bond donors (Lipinski definition) is 1. The lowest BCUT2D eigenvalue weighted by Gasteiger charge is -2.10. The lowest BCUT2D eigenvalue weighted by atomic mass is 10.3. The number of aromatic nitrogens is 6. The van der Waals surface area contributed by atoms with Crippen molar-refractivity contribution in [3.63, 3.8) is 0 Å². The molecule has 0 saturated carbocycles. The molecule has 0 saturated heterocycles. The van der Waals surface area contributed by atoms with E-state index in [0.717, 1.165) is 11.1 Å². The van der Waals surface area contributed by atoms with Crippen LogP contribution in [0.5, 0.6) is 5.88 Å². The van der Waals surface area contributed by atoms with Crippen molar-refractivity contribution in [3.05, 3.63) is 48.4 Å². The number of nitrogens with zero attached hydrogens (tertiary/aromatic N) is 6. The summed E-state index contributed by atoms with van der Waals surface area (Å²) in [7, 11) is 3.50. The van der Waals surface area contributed by atoms with Crippen molar-refractivity contribution in [3.8, 4) is 17.5 Å². The number of anilines is 2. The van der Waals surface area contributed by atoms with E-state index in [-0.39, 0.29) is 0 Å². The first-order chi connectivity index (χ1) is 12.2. The van der Waals surface area contributed by atoms with E-state index >= 15 is 0 Å². The Hall–Kier alpha value is -3.42. The van der Waals surface area contributed by atoms with Crippen molar-refractivity contribution < 1.29 is 4.74 Å². The summed E-state index contributed by atoms with van der Waals surface area (Å²) in [5, 5.41) is 7.84. The molecule has 0 atom stereocenters. The van der Waals surface area contributed by atoms with E-state index in [4.69, 9.17) is 4.74 Å². The first-order valence-electron chi connectivity index (χ1n) is 7.77. The molecule has 4 aromatic rings. The summed E-state index contributed by atoms with van der Waals surface area (Å²) < 4.78 is 8.87. The van der Waals surface area contributed by atoms with Gasteiger partial charge in [-0.3, -0.25) is 0 Å². The summed E-state index contributed by atoms with van der Waals surface area (Å²) in [5.74, 6) is 3.06. The van der Waals surface area contributed by atoms with E-state index in [1.54, 1.807) is 23.9 Å². The lowest BCUT2D eigenvalue weighted by Crippen LogP contribution is -2.07. The van der Waals surface area contributed by atoms with Crippen LogP contribution in [0.3, 0.4) is 0 Å². The molecule has 4 heterocycles. The number of pyridine rings is 1. The number of methoxy groups -OCH3 is 1. The Bertz CT molecular complexity index is 1050. The third kappa shape index (κ3) is 2.67. The van der Waals surface area contributed by atoms with Crippen LogP contribution in [0.2, 0.25) is 0 Å². The van der Waals surface area contributed by atoms with Crippen LogP contribution in [0.1, 0.15) is 5.56 Å². The topological polar surface area (TPSA) is 82.2 Å². The van der Waals surface area contributed by atoms with Crippen LogP contribution < -0.4 is 10.1 Å². The average molecular weight is 335 g/mol. The molecule has 0 spiro atoms. The molecule has 0 aromatic carbocycles. The molecule has 8 nitrogen and oxygen atoms in total. The summed E-state index contributed by atoms with van der Waals surface area (Å²) in [5.41, 5.74) is 1.96. The molecule has 126 valence electrons. The van der Waals surface area contributed by atoms with Gasteiger partial charge >= 0.3 is 0 Å². The predicted molar refractivity (Wildman–Crippen MR) is 94.0 cm³/mol. The van der Waals surface area contributed by atoms with Gasteiger partial charge in [-0.2, -0.15) is 4.98 Å². The minimum Gasteiger partial charge on any atom is -0.481 e. The molecule has 0 aliphatic rings. The maximum absolute atomic E-state index is 5.18. The van der Waals surface area contributed by atoms with Crippen LogP contribution in [0, 0.1) is 6.92 Å². The van der Waals surface area contributed by atoms with E-state index in [1.807, 2.05) is 49.1 Å². The molecular formula is C17H17N7O. The Kier molecular flexibility index (Phi) is 3.57. The number of ether oxygens (including phenoxy) is 1. The Morgan fingerprint density at radius 1 is 1.12 bits per heavy atom. The predicted octanol–water partition coefficient (Wildman–Crippen LogP) is 2.59. The second-order valence-electron chi connectivity index (χ2n) is 5.63. The van der Waals surface area contributed by atoms with Crippen molar-refractivity contribution in [1.29, 1.82) is 0 Å². The fourth-order valence-corrected chi connectivity index (χ4v) is 2.66. The molecule has 0 aliphatic heterocycles. The molecule has 0 bridgehead atoms. The third-order valence-corrected chi connectivity index (χ3v) is 3.91. The van der Waals surface area contributed by atoms with Crippen LogP contribution >= 0.6 is 0 Å². The highest BCUT2D eigenvalue weighted by Gasteiger charge is 2.15. The van der Waals surface area contributed by atoms with Crippen LogP contribution in [-0.4, -0.2) is 36.2 Å². The van der Waals surface area contributed by atoms with Gasteiger partial charge in [0.2, 0.25) is 11.7 Å². The molecule has 1 N–H and O–H groups in total. The summed E-state index contributed by atoms with van der Waals surface area (Å²) in [4.78, 5) is 13.4. The number of aryl methyl sites for hydroxylation is 2. The number of imidazole rings is 1. The van der Waals surface area contributed by atoms with Gasteiger partial charge in [0, 0.05) is 31.7 Å². The second-order valence-corrected chi connectivity index (χ2v) is 5.63. The lowest BCUT2D eigenvalue weighted by molar-refractivity contribution is 0.398. The average Bonchev–Trinajstić information content (AvgIpc) is 3.21. The van der Waals surface area contributed by atoms with Gasteiger partial charge < -0.3 is 14.6 Å². The zero-order chi connectivity index (χ0) is 17.4. The quantitative estimate of drug-likeness (QED) is 0.617. The zero-order valence-electron chi connectivity index (χ0n) is 14.1. The Balaban J connectivity index is 1.86. The molecule has 8 heteroatoms. The molecule has 4 aromatic heterocycles. The van der Waals surface area contributed by atoms with Gasteiger partial charge in [0.25, 0.3) is 0 Å². The number of nitrogens with one attached hydrogen (secondary N) is 1. The molecule has 4 rings (SSSR count). The second kappa shape index (κ2) is 5.90. The maximum Gasteiger partial charge on any atom is 0.218 e. The standard InChI is InChI=1S/C17H17N7O/c1-11-7-9-24-14(11)15(20-12-5-4-6-13(19-12)25-3)21-16(22-24)17-18-8-10-23(17)2/h4-10H,1-3H3,(H,19,20,21,22). The van der Waals surface area contributed by atoms with Crippen LogP contribution in [0.4, 0.5) is 11.6 Å². The van der Waals surface area contributed by atoms with Gasteiger partial charge in [0.05, 0.1) is 7.11 Å². The minimum atomic E-state index is 0.529. The largest absolute Gasteiger partial charge is 0.481 e. The van der Waals surface area contributed by atoms with E-state index in [2.05, 4.69) is 25.4 Å². The normalized spacial score (nSPS) is 11.0. The van der Waals surface area contributed by atoms with Crippen molar-refractivity contribution in [2.45, 2.75) is 6.92 Å². The highest BCUT2D eigenvalue weighted by atomic mass is 16.5. The first kappa shape index (κ1) is 15.1. The van der Waals surface area contributed by atoms with Crippen molar-refractivity contribution >= 4 is 17.2 Å². The van der Waals surface area contributed by atoms with Gasteiger partial charge in [-0.1, -0.05) is 6.07 Å². The number of rotatable bonds is 4. The van der Waals surface area contributed by atoms with E-state index < -0.39 is 0 Å². The Labute approximate surface area is 144 Å². The fourth-order valence-electron chi connectivity index (χ4n) is 2.66. The highest BCUT2D eigenvalue weighted by Crippen LogP contribution is 2.25. The zero-order valence-corrected chi connectivity index (χ0v) is 14.1. The van der Waals surface area contributed by atoms with E-state index in [1.165, 1.54) is 0 Å². The third-order valence-electron chi connectivity index (χ3n) is 3.91. The molecular weight excluding hydrogens is 318 g/mol. The van der Waals surface area contributed by atoms with Crippen molar-refractivity contribution in [2.75, 3.05) is 12.4 Å². The van der Waals surface area contributed by atoms with E-state index in [0.29, 0.717) is 29.2 Å². The fraction of sp³-hybridized carbons (Fsp3) is 0.176. The maximum atomic E-state index is 5.18. The number of hydrogen-bond acceptors (Lipinski definition) is 6. The molecule has 0 amide bonds. The minimum absolute atomic E-state index is 0.529. The summed E-state index contributed by atoms with van der Waals surface area (Å²) in [6, 6.07) is 7.52. The van der Waals surface area contributed by atoms with Crippen LogP contribution in [0.15, 0.2) is 42.9 Å². The molecule has 0 aliphatic carbocycles. The first-order valence-corrected chi connectivity index (χ1v) is 7.77. The van der Waals surface area contributed by atoms with Gasteiger partial charge in [0.1, 0.15) is 11.3 Å². The monoisotopic (exact) mass is 335 g/mol. The van der Waals surface area contributed by atoms with Gasteiger partial charge in [-0.05, 0) is 24.6 Å². The van der Waals surface area contributed by atoms with Crippen molar-refractivity contribution in [1.82, 2.24) is 29.1 Å². The molecule has 0 radical (unpaired) electrons. The summed E-state index contributed by atoms with van der Waals surface area (Å²) in [6.45, 7) is 2.02. The summed E-state index contributed by atoms with van der Waals surface area (Å²) in [6.07, 6.45) is 5.49. The van der Waals surface area contributed by atoms with Gasteiger partial charge in [-0.15, -0.1) is 5.10 Å². The highest BCUT2D eigenvalue weighted by molar-refractivity contribution is 5.76. The van der Waals surface area contributed by atoms with Crippen LogP contribution in [0.25, 0.3) is 17.2 Å². The summed E-state index contributed by atoms with van der Waals surface area (Å²) >= 11 is 0. The SMILES string of the molecule is COc1cccc(Nc2nc(-c3nccn3C)nn3ccc(C)c23)n1. The molecule has 0 fully saturated rings. The van der Waals surface area contributed by atoms with Gasteiger partial charge in [-0.25, -0.2) is 14.5 Å². The molecule has 25 heavy (non-hydrogen) atoms. The smallest absolute Gasteiger partial charge is 0.218 e. The molecule has 0 unspecified atom stereocenters. The van der Waals surface area contributed by atoms with E-state index in [9.17, 15) is 0 Å². The Morgan fingerprint density at radius 3 is 2.76 bits per heavy atom. The van der Waals surface area contributed by atoms with Crippen LogP contribution in [-0.2, 0) is 7.05 Å². The Morgan fingerprint density at radius 2 is 2.00 bits per heavy atom.